The highest BCUT2D eigenvalue weighted by Gasteiger charge is 2.15. The molecule has 3 rings (SSSR count). The molecule has 0 aromatic heterocycles. The third-order valence-corrected chi connectivity index (χ3v) is 6.89. The van der Waals surface area contributed by atoms with E-state index < -0.39 is 10.0 Å². The largest absolute Gasteiger partial charge is 0.493 e. The molecular formula is C26H30N2O5S. The van der Waals surface area contributed by atoms with Gasteiger partial charge in [0.25, 0.3) is 0 Å². The van der Waals surface area contributed by atoms with Gasteiger partial charge in [-0.1, -0.05) is 48.5 Å². The predicted molar refractivity (Wildman–Crippen MR) is 131 cm³/mol. The van der Waals surface area contributed by atoms with Crippen LogP contribution in [0.4, 0.5) is 0 Å². The van der Waals surface area contributed by atoms with E-state index in [1.54, 1.807) is 44.6 Å². The van der Waals surface area contributed by atoms with E-state index in [9.17, 15) is 13.2 Å². The molecule has 0 aliphatic heterocycles. The van der Waals surface area contributed by atoms with Gasteiger partial charge in [-0.15, -0.1) is 0 Å². The van der Waals surface area contributed by atoms with E-state index in [0.29, 0.717) is 17.9 Å². The summed E-state index contributed by atoms with van der Waals surface area (Å²) in [6.07, 6.45) is 0.790. The zero-order valence-electron chi connectivity index (χ0n) is 19.6. The molecule has 0 aliphatic carbocycles. The first kappa shape index (κ1) is 25.3. The van der Waals surface area contributed by atoms with Crippen LogP contribution in [0.15, 0.2) is 77.7 Å². The molecule has 0 heterocycles. The van der Waals surface area contributed by atoms with Crippen LogP contribution in [-0.2, 0) is 27.8 Å². The van der Waals surface area contributed by atoms with Gasteiger partial charge in [0.2, 0.25) is 15.9 Å². The fourth-order valence-electron chi connectivity index (χ4n) is 3.47. The molecule has 180 valence electrons. The zero-order chi connectivity index (χ0) is 24.6. The van der Waals surface area contributed by atoms with E-state index in [2.05, 4.69) is 10.0 Å². The number of carbonyl (C=O) groups excluding carboxylic acids is 1. The first-order chi connectivity index (χ1) is 16.3. The number of rotatable bonds is 11. The molecular weight excluding hydrogens is 452 g/mol. The SMILES string of the molecule is COc1ccc([C@@H](C)NC(=O)CCc2ccc(S(=O)(=O)NCc3ccccc3)cc2)cc1OC. The molecule has 0 fully saturated rings. The van der Waals surface area contributed by atoms with Gasteiger partial charge in [-0.2, -0.15) is 0 Å². The summed E-state index contributed by atoms with van der Waals surface area (Å²) in [6, 6.07) is 21.3. The summed E-state index contributed by atoms with van der Waals surface area (Å²) in [6.45, 7) is 2.13. The molecule has 3 aromatic rings. The summed E-state index contributed by atoms with van der Waals surface area (Å²) >= 11 is 0. The average Bonchev–Trinajstić information content (AvgIpc) is 2.86. The minimum atomic E-state index is -3.61. The van der Waals surface area contributed by atoms with Crippen LogP contribution in [0, 0.1) is 0 Å². The highest BCUT2D eigenvalue weighted by atomic mass is 32.2. The first-order valence-corrected chi connectivity index (χ1v) is 12.4. The summed E-state index contributed by atoms with van der Waals surface area (Å²) < 4.78 is 38.2. The van der Waals surface area contributed by atoms with Crippen LogP contribution >= 0.6 is 0 Å². The van der Waals surface area contributed by atoms with Gasteiger partial charge >= 0.3 is 0 Å². The second-order valence-electron chi connectivity index (χ2n) is 7.86. The molecule has 0 saturated carbocycles. The number of nitrogens with one attached hydrogen (secondary N) is 2. The number of ether oxygens (including phenoxy) is 2. The molecule has 0 radical (unpaired) electrons. The second kappa shape index (κ2) is 11.7. The lowest BCUT2D eigenvalue weighted by Crippen LogP contribution is -2.26. The van der Waals surface area contributed by atoms with Crippen LogP contribution in [0.1, 0.15) is 36.1 Å². The Morgan fingerprint density at radius 2 is 1.56 bits per heavy atom. The van der Waals surface area contributed by atoms with Crippen LogP contribution in [-0.4, -0.2) is 28.5 Å². The van der Waals surface area contributed by atoms with Crippen molar-refractivity contribution in [3.05, 3.63) is 89.5 Å². The predicted octanol–water partition coefficient (Wildman–Crippen LogP) is 3.99. The Hall–Kier alpha value is -3.36. The number of hydrogen-bond acceptors (Lipinski definition) is 5. The van der Waals surface area contributed by atoms with Gasteiger partial charge in [-0.3, -0.25) is 4.79 Å². The van der Waals surface area contributed by atoms with Crippen LogP contribution in [0.5, 0.6) is 11.5 Å². The van der Waals surface area contributed by atoms with Crippen molar-refractivity contribution in [2.75, 3.05) is 14.2 Å². The van der Waals surface area contributed by atoms with Crippen molar-refractivity contribution in [1.29, 1.82) is 0 Å². The molecule has 8 heteroatoms. The van der Waals surface area contributed by atoms with Crippen LogP contribution in [0.3, 0.4) is 0 Å². The fraction of sp³-hybridized carbons (Fsp3) is 0.269. The minimum absolute atomic E-state index is 0.0940. The third kappa shape index (κ3) is 6.82. The van der Waals surface area contributed by atoms with E-state index in [-0.39, 0.29) is 29.8 Å². The first-order valence-electron chi connectivity index (χ1n) is 11.0. The Balaban J connectivity index is 1.52. The molecule has 0 aliphatic rings. The lowest BCUT2D eigenvalue weighted by atomic mass is 10.1. The summed E-state index contributed by atoms with van der Waals surface area (Å²) in [5, 5.41) is 2.98. The van der Waals surface area contributed by atoms with Crippen molar-refractivity contribution in [3.8, 4) is 11.5 Å². The number of hydrogen-bond donors (Lipinski definition) is 2. The van der Waals surface area contributed by atoms with Gasteiger partial charge in [0.1, 0.15) is 0 Å². The smallest absolute Gasteiger partial charge is 0.240 e. The van der Waals surface area contributed by atoms with E-state index in [4.69, 9.17) is 9.47 Å². The Kier molecular flexibility index (Phi) is 8.67. The van der Waals surface area contributed by atoms with Gasteiger partial charge in [0, 0.05) is 13.0 Å². The maximum absolute atomic E-state index is 12.5. The van der Waals surface area contributed by atoms with Crippen molar-refractivity contribution in [3.63, 3.8) is 0 Å². The number of methoxy groups -OCH3 is 2. The van der Waals surface area contributed by atoms with Gasteiger partial charge in [0.15, 0.2) is 11.5 Å². The fourth-order valence-corrected chi connectivity index (χ4v) is 4.49. The average molecular weight is 483 g/mol. The van der Waals surface area contributed by atoms with Crippen molar-refractivity contribution < 1.29 is 22.7 Å². The lowest BCUT2D eigenvalue weighted by molar-refractivity contribution is -0.121. The van der Waals surface area contributed by atoms with Crippen molar-refractivity contribution >= 4 is 15.9 Å². The van der Waals surface area contributed by atoms with Gasteiger partial charge in [-0.25, -0.2) is 13.1 Å². The van der Waals surface area contributed by atoms with Crippen LogP contribution in [0.2, 0.25) is 0 Å². The highest BCUT2D eigenvalue weighted by Crippen LogP contribution is 2.29. The summed E-state index contributed by atoms with van der Waals surface area (Å²) in [5.41, 5.74) is 2.68. The van der Waals surface area contributed by atoms with E-state index in [0.717, 1.165) is 16.7 Å². The Bertz CT molecular complexity index is 1200. The Morgan fingerprint density at radius 3 is 2.21 bits per heavy atom. The molecule has 0 bridgehead atoms. The zero-order valence-corrected chi connectivity index (χ0v) is 20.4. The maximum atomic E-state index is 12.5. The molecule has 3 aromatic carbocycles. The molecule has 1 amide bonds. The topological polar surface area (TPSA) is 93.7 Å². The highest BCUT2D eigenvalue weighted by molar-refractivity contribution is 7.89. The van der Waals surface area contributed by atoms with Crippen molar-refractivity contribution in [2.45, 2.75) is 37.2 Å². The normalized spacial score (nSPS) is 12.1. The molecule has 1 atom stereocenters. The van der Waals surface area contributed by atoms with Crippen LogP contribution in [0.25, 0.3) is 0 Å². The summed E-state index contributed by atoms with van der Waals surface area (Å²) in [5.74, 6) is 1.14. The second-order valence-corrected chi connectivity index (χ2v) is 9.62. The molecule has 34 heavy (non-hydrogen) atoms. The Morgan fingerprint density at radius 1 is 0.882 bits per heavy atom. The van der Waals surface area contributed by atoms with Gasteiger partial charge < -0.3 is 14.8 Å². The quantitative estimate of drug-likeness (QED) is 0.431. The van der Waals surface area contributed by atoms with E-state index >= 15 is 0 Å². The Labute approximate surface area is 201 Å². The number of amides is 1. The number of aryl methyl sites for hydroxylation is 1. The number of carbonyl (C=O) groups is 1. The van der Waals surface area contributed by atoms with Gasteiger partial charge in [0.05, 0.1) is 25.2 Å². The summed E-state index contributed by atoms with van der Waals surface area (Å²) in [7, 11) is -0.467. The van der Waals surface area contributed by atoms with E-state index in [1.807, 2.05) is 49.4 Å². The maximum Gasteiger partial charge on any atom is 0.240 e. The minimum Gasteiger partial charge on any atom is -0.493 e. The van der Waals surface area contributed by atoms with Crippen molar-refractivity contribution in [1.82, 2.24) is 10.0 Å². The summed E-state index contributed by atoms with van der Waals surface area (Å²) in [4.78, 5) is 12.6. The number of sulfonamides is 1. The molecule has 0 unspecified atom stereocenters. The number of benzene rings is 3. The molecule has 0 saturated heterocycles. The van der Waals surface area contributed by atoms with Crippen molar-refractivity contribution in [2.24, 2.45) is 0 Å². The third-order valence-electron chi connectivity index (χ3n) is 5.47. The monoisotopic (exact) mass is 482 g/mol. The molecule has 0 spiro atoms. The molecule has 7 nitrogen and oxygen atoms in total. The van der Waals surface area contributed by atoms with Crippen LogP contribution < -0.4 is 19.5 Å². The molecule has 2 N–H and O–H groups in total. The van der Waals surface area contributed by atoms with Gasteiger partial charge in [-0.05, 0) is 54.3 Å². The van der Waals surface area contributed by atoms with E-state index in [1.165, 1.54) is 0 Å². The standard InChI is InChI=1S/C26H30N2O5S/c1-19(22-12-15-24(32-2)25(17-22)33-3)28-26(29)16-11-20-9-13-23(14-10-20)34(30,31)27-18-21-7-5-4-6-8-21/h4-10,12-15,17,19,27H,11,16,18H2,1-3H3,(H,28,29)/t19-/m1/s1. The lowest BCUT2D eigenvalue weighted by Gasteiger charge is -2.16.